The summed E-state index contributed by atoms with van der Waals surface area (Å²) in [5.74, 6) is 0. The molecule has 0 spiro atoms. The van der Waals surface area contributed by atoms with E-state index in [1.54, 1.807) is 0 Å². The first-order valence-electron chi connectivity index (χ1n) is 7.00. The van der Waals surface area contributed by atoms with E-state index in [9.17, 15) is 0 Å². The second-order valence-corrected chi connectivity index (χ2v) is 7.00. The number of fused-ring (bicyclic) bond motifs is 1. The molecule has 18 heavy (non-hydrogen) atoms. The average molecular weight is 266 g/mol. The number of aryl methyl sites for hydroxylation is 2. The summed E-state index contributed by atoms with van der Waals surface area (Å²) >= 11 is 1.85. The second-order valence-electron chi connectivity index (χ2n) is 5.92. The van der Waals surface area contributed by atoms with Crippen LogP contribution in [0.2, 0.25) is 0 Å². The second kappa shape index (κ2) is 4.58. The van der Waals surface area contributed by atoms with Gasteiger partial charge in [0.2, 0.25) is 0 Å². The molecular weight excluding hydrogens is 244 g/mol. The zero-order chi connectivity index (χ0) is 12.8. The van der Waals surface area contributed by atoms with E-state index >= 15 is 0 Å². The van der Waals surface area contributed by atoms with E-state index in [-0.39, 0.29) is 17.7 Å². The van der Waals surface area contributed by atoms with Crippen molar-refractivity contribution in [3.63, 3.8) is 0 Å². The van der Waals surface area contributed by atoms with Crippen LogP contribution in [-0.4, -0.2) is 17.2 Å². The Bertz CT molecular complexity index is 410. The molecule has 1 fully saturated rings. The molecule has 2 N–H and O–H groups in total. The maximum absolute atomic E-state index is 6.64. The summed E-state index contributed by atoms with van der Waals surface area (Å²) in [5, 5.41) is 1.15. The van der Waals surface area contributed by atoms with Crippen LogP contribution >= 0.6 is 11.3 Å². The molecular formula is C14H22N2OS. The van der Waals surface area contributed by atoms with E-state index < -0.39 is 0 Å². The van der Waals surface area contributed by atoms with E-state index in [0.717, 1.165) is 24.3 Å². The van der Waals surface area contributed by atoms with Gasteiger partial charge in [0, 0.05) is 4.88 Å². The van der Waals surface area contributed by atoms with Crippen LogP contribution in [0.15, 0.2) is 0 Å². The van der Waals surface area contributed by atoms with Gasteiger partial charge in [0.25, 0.3) is 0 Å². The monoisotopic (exact) mass is 266 g/mol. The number of hydrogen-bond donors (Lipinski definition) is 1. The molecule has 1 saturated heterocycles. The average Bonchev–Trinajstić information content (AvgIpc) is 2.71. The third-order valence-corrected chi connectivity index (χ3v) is 5.42. The first-order chi connectivity index (χ1) is 8.57. The molecule has 4 heteroatoms. The Hall–Kier alpha value is -0.450. The van der Waals surface area contributed by atoms with Crippen LogP contribution in [0.5, 0.6) is 0 Å². The van der Waals surface area contributed by atoms with Gasteiger partial charge in [-0.25, -0.2) is 4.98 Å². The van der Waals surface area contributed by atoms with Gasteiger partial charge in [0.15, 0.2) is 0 Å². The summed E-state index contributed by atoms with van der Waals surface area (Å²) in [4.78, 5) is 6.33. The molecule has 0 amide bonds. The fourth-order valence-corrected chi connectivity index (χ4v) is 4.61. The normalized spacial score (nSPS) is 36.4. The van der Waals surface area contributed by atoms with E-state index in [2.05, 4.69) is 13.8 Å². The van der Waals surface area contributed by atoms with E-state index in [1.165, 1.54) is 29.8 Å². The SMILES string of the molecule is CC1CC(N)(c2nc3c(s2)CCCC3)CC(C)O1. The molecule has 1 aromatic rings. The minimum atomic E-state index is -0.265. The molecule has 1 aliphatic heterocycles. The summed E-state index contributed by atoms with van der Waals surface area (Å²) in [6.45, 7) is 4.23. The highest BCUT2D eigenvalue weighted by Crippen LogP contribution is 2.39. The summed E-state index contributed by atoms with van der Waals surface area (Å²) in [6.07, 6.45) is 7.19. The summed E-state index contributed by atoms with van der Waals surface area (Å²) < 4.78 is 5.80. The highest BCUT2D eigenvalue weighted by molar-refractivity contribution is 7.11. The van der Waals surface area contributed by atoms with Crippen molar-refractivity contribution >= 4 is 11.3 Å². The lowest BCUT2D eigenvalue weighted by Gasteiger charge is -2.38. The van der Waals surface area contributed by atoms with Gasteiger partial charge in [-0.05, 0) is 52.4 Å². The zero-order valence-corrected chi connectivity index (χ0v) is 12.1. The predicted molar refractivity (Wildman–Crippen MR) is 73.9 cm³/mol. The topological polar surface area (TPSA) is 48.1 Å². The Labute approximate surface area is 113 Å². The van der Waals surface area contributed by atoms with Crippen LogP contribution in [0.1, 0.15) is 55.1 Å². The van der Waals surface area contributed by atoms with Gasteiger partial charge in [-0.3, -0.25) is 0 Å². The smallest absolute Gasteiger partial charge is 0.113 e. The molecule has 0 bridgehead atoms. The first kappa shape index (κ1) is 12.6. The van der Waals surface area contributed by atoms with Crippen molar-refractivity contribution in [3.8, 4) is 0 Å². The molecule has 2 atom stereocenters. The lowest BCUT2D eigenvalue weighted by atomic mass is 9.85. The van der Waals surface area contributed by atoms with Crippen LogP contribution in [0, 0.1) is 0 Å². The summed E-state index contributed by atoms with van der Waals surface area (Å²) in [5.41, 5.74) is 7.69. The minimum absolute atomic E-state index is 0.236. The Kier molecular flexibility index (Phi) is 3.20. The number of nitrogens with two attached hydrogens (primary N) is 1. The van der Waals surface area contributed by atoms with Crippen molar-refractivity contribution in [2.24, 2.45) is 5.73 Å². The molecule has 0 aromatic carbocycles. The lowest BCUT2D eigenvalue weighted by molar-refractivity contribution is -0.0619. The van der Waals surface area contributed by atoms with Crippen molar-refractivity contribution in [1.29, 1.82) is 0 Å². The Morgan fingerprint density at radius 3 is 2.56 bits per heavy atom. The van der Waals surface area contributed by atoms with Crippen molar-refractivity contribution in [3.05, 3.63) is 15.6 Å². The molecule has 2 unspecified atom stereocenters. The van der Waals surface area contributed by atoms with Gasteiger partial charge in [0.05, 0.1) is 23.4 Å². The third-order valence-electron chi connectivity index (χ3n) is 4.04. The fourth-order valence-electron chi connectivity index (χ4n) is 3.34. The van der Waals surface area contributed by atoms with Gasteiger partial charge in [-0.2, -0.15) is 0 Å². The Morgan fingerprint density at radius 1 is 1.22 bits per heavy atom. The summed E-state index contributed by atoms with van der Waals surface area (Å²) in [6, 6.07) is 0. The van der Waals surface area contributed by atoms with E-state index in [0.29, 0.717) is 0 Å². The van der Waals surface area contributed by atoms with Gasteiger partial charge >= 0.3 is 0 Å². The quantitative estimate of drug-likeness (QED) is 0.850. The van der Waals surface area contributed by atoms with Crippen LogP contribution in [0.3, 0.4) is 0 Å². The Balaban J connectivity index is 1.90. The van der Waals surface area contributed by atoms with E-state index in [1.807, 2.05) is 11.3 Å². The van der Waals surface area contributed by atoms with Crippen molar-refractivity contribution in [1.82, 2.24) is 4.98 Å². The maximum Gasteiger partial charge on any atom is 0.113 e. The maximum atomic E-state index is 6.64. The molecule has 2 aliphatic rings. The van der Waals surface area contributed by atoms with Gasteiger partial charge in [-0.15, -0.1) is 11.3 Å². The molecule has 1 aromatic heterocycles. The Morgan fingerprint density at radius 2 is 1.89 bits per heavy atom. The van der Waals surface area contributed by atoms with Crippen LogP contribution < -0.4 is 5.73 Å². The van der Waals surface area contributed by atoms with Gasteiger partial charge in [-0.1, -0.05) is 0 Å². The number of nitrogens with zero attached hydrogens (tertiary/aromatic N) is 1. The number of ether oxygens (including phenoxy) is 1. The van der Waals surface area contributed by atoms with Crippen LogP contribution in [0.4, 0.5) is 0 Å². The number of thiazole rings is 1. The molecule has 3 nitrogen and oxygen atoms in total. The molecule has 0 radical (unpaired) electrons. The van der Waals surface area contributed by atoms with Gasteiger partial charge in [0.1, 0.15) is 5.01 Å². The fraction of sp³-hybridized carbons (Fsp3) is 0.786. The highest BCUT2D eigenvalue weighted by Gasteiger charge is 2.39. The molecule has 100 valence electrons. The number of hydrogen-bond acceptors (Lipinski definition) is 4. The zero-order valence-electron chi connectivity index (χ0n) is 11.2. The van der Waals surface area contributed by atoms with Crippen molar-refractivity contribution in [2.75, 3.05) is 0 Å². The lowest BCUT2D eigenvalue weighted by Crippen LogP contribution is -2.47. The first-order valence-corrected chi connectivity index (χ1v) is 7.82. The van der Waals surface area contributed by atoms with Crippen LogP contribution in [0.25, 0.3) is 0 Å². The van der Waals surface area contributed by atoms with Crippen molar-refractivity contribution < 1.29 is 4.74 Å². The predicted octanol–water partition coefficient (Wildman–Crippen LogP) is 2.76. The largest absolute Gasteiger partial charge is 0.375 e. The minimum Gasteiger partial charge on any atom is -0.375 e. The molecule has 0 saturated carbocycles. The van der Waals surface area contributed by atoms with Gasteiger partial charge < -0.3 is 10.5 Å². The molecule has 2 heterocycles. The highest BCUT2D eigenvalue weighted by atomic mass is 32.1. The molecule has 3 rings (SSSR count). The summed E-state index contributed by atoms with van der Waals surface area (Å²) in [7, 11) is 0. The number of aromatic nitrogens is 1. The van der Waals surface area contributed by atoms with Crippen LogP contribution in [-0.2, 0) is 23.1 Å². The third kappa shape index (κ3) is 2.22. The molecule has 1 aliphatic carbocycles. The van der Waals surface area contributed by atoms with E-state index in [4.69, 9.17) is 15.5 Å². The number of rotatable bonds is 1. The van der Waals surface area contributed by atoms with Crippen molar-refractivity contribution in [2.45, 2.75) is 70.1 Å². The standard InChI is InChI=1S/C14H22N2OS/c1-9-7-14(15,8-10(2)17-9)13-16-11-5-3-4-6-12(11)18-13/h9-10H,3-8,15H2,1-2H3.